The third-order valence-electron chi connectivity index (χ3n) is 5.44. The van der Waals surface area contributed by atoms with Gasteiger partial charge in [-0.15, -0.1) is 13.2 Å². The zero-order chi connectivity index (χ0) is 22.3. The predicted octanol–water partition coefficient (Wildman–Crippen LogP) is 2.46. The third kappa shape index (κ3) is 5.89. The van der Waals surface area contributed by atoms with Gasteiger partial charge in [0.05, 0.1) is 18.2 Å². The number of rotatable bonds is 10. The largest absolute Gasteiger partial charge is 0.373 e. The molecule has 1 saturated heterocycles. The Morgan fingerprint density at radius 1 is 1.29 bits per heavy atom. The monoisotopic (exact) mass is 444 g/mol. The molecule has 3 rings (SSSR count). The summed E-state index contributed by atoms with van der Waals surface area (Å²) in [5, 5.41) is 7.02. The lowest BCUT2D eigenvalue weighted by atomic mass is 10.0. The lowest BCUT2D eigenvalue weighted by Crippen LogP contribution is -2.53. The first-order valence-corrected chi connectivity index (χ1v) is 11.0. The molecular weight excluding hydrogens is 412 g/mol. The zero-order valence-electron chi connectivity index (χ0n) is 18.2. The normalized spacial score (nSPS) is 21.7. The molecule has 2 aliphatic heterocycles. The van der Waals surface area contributed by atoms with Gasteiger partial charge in [-0.25, -0.2) is 4.99 Å². The van der Waals surface area contributed by atoms with Gasteiger partial charge in [-0.1, -0.05) is 29.8 Å². The van der Waals surface area contributed by atoms with Gasteiger partial charge in [0.2, 0.25) is 5.79 Å². The standard InChI is InChI=1S/C23H33ClN6O/c1-4-6-9-26-22-20(24)16-27-23(25,28-22)19-7-8-21(18(15-19)17-31-14-5-2)30-12-10-29(3)11-13-30/h4-5,7-8,15-16,26,28H,1-2,6,9-14,17,25H2,3H3. The Bertz CT molecular complexity index is 846. The molecule has 1 fully saturated rings. The molecule has 0 radical (unpaired) electrons. The van der Waals surface area contributed by atoms with Crippen LogP contribution in [0.2, 0.25) is 0 Å². The van der Waals surface area contributed by atoms with Crippen molar-refractivity contribution in [3.05, 3.63) is 65.5 Å². The maximum atomic E-state index is 6.67. The Labute approximate surface area is 190 Å². The molecule has 168 valence electrons. The molecule has 0 bridgehead atoms. The van der Waals surface area contributed by atoms with Crippen LogP contribution in [0.3, 0.4) is 0 Å². The minimum Gasteiger partial charge on any atom is -0.373 e. The van der Waals surface area contributed by atoms with E-state index in [4.69, 9.17) is 22.1 Å². The van der Waals surface area contributed by atoms with Crippen molar-refractivity contribution in [2.24, 2.45) is 10.7 Å². The zero-order valence-corrected chi connectivity index (χ0v) is 19.0. The van der Waals surface area contributed by atoms with E-state index in [0.717, 1.165) is 43.7 Å². The average molecular weight is 445 g/mol. The lowest BCUT2D eigenvalue weighted by molar-refractivity contribution is 0.149. The number of allylic oxidation sites excluding steroid dienone is 1. The first-order valence-electron chi connectivity index (χ1n) is 10.6. The molecule has 31 heavy (non-hydrogen) atoms. The molecule has 2 heterocycles. The number of nitrogens with one attached hydrogen (secondary N) is 2. The molecule has 0 spiro atoms. The van der Waals surface area contributed by atoms with Gasteiger partial charge in [0.1, 0.15) is 5.82 Å². The number of piperazine rings is 1. The van der Waals surface area contributed by atoms with E-state index in [9.17, 15) is 0 Å². The first kappa shape index (κ1) is 23.3. The van der Waals surface area contributed by atoms with E-state index in [1.165, 1.54) is 5.69 Å². The Kier molecular flexibility index (Phi) is 8.15. The van der Waals surface area contributed by atoms with Crippen molar-refractivity contribution in [1.82, 2.24) is 15.5 Å². The summed E-state index contributed by atoms with van der Waals surface area (Å²) in [5.41, 5.74) is 9.75. The SMILES string of the molecule is C=CCCNC1=C(Cl)C=NC(N)(c2ccc(N3CCN(C)CC3)c(COCC=C)c2)N1. The van der Waals surface area contributed by atoms with Crippen molar-refractivity contribution < 1.29 is 4.74 Å². The van der Waals surface area contributed by atoms with E-state index >= 15 is 0 Å². The Balaban J connectivity index is 1.85. The number of likely N-dealkylation sites (N-methyl/N-ethyl adjacent to an activating group) is 1. The number of halogens is 1. The summed E-state index contributed by atoms with van der Waals surface area (Å²) in [5.74, 6) is -0.462. The molecule has 0 aliphatic carbocycles. The minimum atomic E-state index is -1.12. The highest BCUT2D eigenvalue weighted by molar-refractivity contribution is 6.39. The van der Waals surface area contributed by atoms with Gasteiger partial charge in [-0.3, -0.25) is 5.73 Å². The molecule has 2 aliphatic rings. The number of ether oxygens (including phenoxy) is 1. The predicted molar refractivity (Wildman–Crippen MR) is 129 cm³/mol. The highest BCUT2D eigenvalue weighted by Crippen LogP contribution is 2.30. The van der Waals surface area contributed by atoms with Crippen LogP contribution in [-0.2, 0) is 17.1 Å². The first-order chi connectivity index (χ1) is 15.0. The number of nitrogens with two attached hydrogens (primary N) is 1. The van der Waals surface area contributed by atoms with Crippen LogP contribution in [0.4, 0.5) is 5.69 Å². The van der Waals surface area contributed by atoms with Gasteiger partial charge in [-0.2, -0.15) is 0 Å². The second-order valence-electron chi connectivity index (χ2n) is 7.81. The summed E-state index contributed by atoms with van der Waals surface area (Å²) in [4.78, 5) is 9.23. The topological polar surface area (TPSA) is 78.2 Å². The van der Waals surface area contributed by atoms with Crippen LogP contribution >= 0.6 is 11.6 Å². The molecule has 8 heteroatoms. The van der Waals surface area contributed by atoms with E-state index in [0.29, 0.717) is 30.6 Å². The van der Waals surface area contributed by atoms with Crippen LogP contribution in [0.15, 0.2) is 59.4 Å². The quantitative estimate of drug-likeness (QED) is 0.380. The van der Waals surface area contributed by atoms with Crippen LogP contribution in [0.1, 0.15) is 17.5 Å². The van der Waals surface area contributed by atoms with Gasteiger partial charge in [0.25, 0.3) is 0 Å². The molecule has 0 saturated carbocycles. The smallest absolute Gasteiger partial charge is 0.210 e. The number of anilines is 1. The molecule has 1 aromatic carbocycles. The third-order valence-corrected chi connectivity index (χ3v) is 5.73. The second kappa shape index (κ2) is 10.8. The maximum Gasteiger partial charge on any atom is 0.210 e. The lowest BCUT2D eigenvalue weighted by Gasteiger charge is -2.36. The Hall–Kier alpha value is -2.32. The highest BCUT2D eigenvalue weighted by atomic mass is 35.5. The Morgan fingerprint density at radius 3 is 2.77 bits per heavy atom. The van der Waals surface area contributed by atoms with Crippen molar-refractivity contribution in [3.8, 4) is 0 Å². The second-order valence-corrected chi connectivity index (χ2v) is 8.22. The highest BCUT2D eigenvalue weighted by Gasteiger charge is 2.31. The Morgan fingerprint density at radius 2 is 2.06 bits per heavy atom. The van der Waals surface area contributed by atoms with Crippen LogP contribution in [0, 0.1) is 0 Å². The van der Waals surface area contributed by atoms with Gasteiger partial charge in [0.15, 0.2) is 0 Å². The molecular formula is C23H33ClN6O. The molecule has 1 unspecified atom stereocenters. The minimum absolute atomic E-state index is 0.475. The van der Waals surface area contributed by atoms with Crippen molar-refractivity contribution >= 4 is 23.5 Å². The van der Waals surface area contributed by atoms with Crippen molar-refractivity contribution in [3.63, 3.8) is 0 Å². The fourth-order valence-electron chi connectivity index (χ4n) is 3.63. The molecule has 1 atom stereocenters. The van der Waals surface area contributed by atoms with Gasteiger partial charge < -0.3 is 25.2 Å². The van der Waals surface area contributed by atoms with E-state index in [-0.39, 0.29) is 0 Å². The number of hydrogen-bond donors (Lipinski definition) is 3. The van der Waals surface area contributed by atoms with E-state index < -0.39 is 5.79 Å². The molecule has 1 aromatic rings. The molecule has 0 aromatic heterocycles. The van der Waals surface area contributed by atoms with E-state index in [1.54, 1.807) is 12.3 Å². The summed E-state index contributed by atoms with van der Waals surface area (Å²) >= 11 is 6.31. The molecule has 0 amide bonds. The summed E-state index contributed by atoms with van der Waals surface area (Å²) in [6.45, 7) is 13.2. The van der Waals surface area contributed by atoms with Crippen molar-refractivity contribution in [2.45, 2.75) is 18.8 Å². The fraction of sp³-hybridized carbons (Fsp3) is 0.435. The van der Waals surface area contributed by atoms with Crippen LogP contribution in [0.25, 0.3) is 0 Å². The van der Waals surface area contributed by atoms with E-state index in [1.807, 2.05) is 12.1 Å². The number of nitrogens with zero attached hydrogens (tertiary/aromatic N) is 3. The van der Waals surface area contributed by atoms with Crippen molar-refractivity contribution in [2.75, 3.05) is 51.3 Å². The summed E-state index contributed by atoms with van der Waals surface area (Å²) < 4.78 is 5.79. The fourth-order valence-corrected chi connectivity index (χ4v) is 3.79. The van der Waals surface area contributed by atoms with E-state index in [2.05, 4.69) is 57.8 Å². The maximum absolute atomic E-state index is 6.67. The molecule has 4 N–H and O–H groups in total. The summed E-state index contributed by atoms with van der Waals surface area (Å²) in [6, 6.07) is 6.21. The number of hydrogen-bond acceptors (Lipinski definition) is 7. The molecule has 7 nitrogen and oxygen atoms in total. The average Bonchev–Trinajstić information content (AvgIpc) is 2.77. The van der Waals surface area contributed by atoms with Crippen LogP contribution in [0.5, 0.6) is 0 Å². The summed E-state index contributed by atoms with van der Waals surface area (Å²) in [6.07, 6.45) is 6.01. The van der Waals surface area contributed by atoms with Crippen molar-refractivity contribution in [1.29, 1.82) is 0 Å². The number of aliphatic imine (C=N–C) groups is 1. The van der Waals surface area contributed by atoms with Crippen LogP contribution in [-0.4, -0.2) is 57.5 Å². The number of benzene rings is 1. The van der Waals surface area contributed by atoms with Gasteiger partial charge >= 0.3 is 0 Å². The summed E-state index contributed by atoms with van der Waals surface area (Å²) in [7, 11) is 2.15. The van der Waals surface area contributed by atoms with Gasteiger partial charge in [-0.05, 0) is 25.6 Å². The van der Waals surface area contributed by atoms with Gasteiger partial charge in [0, 0.05) is 55.8 Å². The van der Waals surface area contributed by atoms with Crippen LogP contribution < -0.4 is 21.3 Å².